The minimum absolute atomic E-state index is 0.0866. The molecule has 1 aromatic carbocycles. The summed E-state index contributed by atoms with van der Waals surface area (Å²) in [5, 5.41) is 49.1. The van der Waals surface area contributed by atoms with E-state index < -0.39 is 29.8 Å². The molecule has 214 valence electrons. The van der Waals surface area contributed by atoms with Crippen LogP contribution in [0.2, 0.25) is 0 Å². The fourth-order valence-electron chi connectivity index (χ4n) is 3.54. The van der Waals surface area contributed by atoms with Crippen molar-refractivity contribution in [2.75, 3.05) is 24.6 Å². The van der Waals surface area contributed by atoms with Gasteiger partial charge in [-0.05, 0) is 17.7 Å². The summed E-state index contributed by atoms with van der Waals surface area (Å²) in [7, 11) is 3.02. The number of fused-ring (bicyclic) bond motifs is 1. The maximum absolute atomic E-state index is 12.4. The maximum atomic E-state index is 12.4. The number of imidazole rings is 1. The number of carboxylic acid groups (broad SMARTS) is 2. The van der Waals surface area contributed by atoms with Crippen LogP contribution in [0, 0.1) is 0 Å². The van der Waals surface area contributed by atoms with Gasteiger partial charge < -0.3 is 45.9 Å². The topological polar surface area (TPSA) is 243 Å². The number of benzene rings is 1. The van der Waals surface area contributed by atoms with Gasteiger partial charge in [0, 0.05) is 44.6 Å². The third-order valence-corrected chi connectivity index (χ3v) is 6.59. The monoisotopic (exact) mass is 568 g/mol. The Balaban J connectivity index is 0.000000411. The Bertz CT molecular complexity index is 1400. The number of nitrogens with zero attached hydrogens (tertiary/aromatic N) is 4. The molecule has 2 atom stereocenters. The van der Waals surface area contributed by atoms with E-state index >= 15 is 0 Å². The summed E-state index contributed by atoms with van der Waals surface area (Å²) in [6, 6.07) is 3.03. The Hall–Kier alpha value is -3.86. The molecule has 0 aliphatic rings. The first-order valence-corrected chi connectivity index (χ1v) is 12.9. The zero-order valence-corrected chi connectivity index (χ0v) is 22.2. The van der Waals surface area contributed by atoms with Crippen molar-refractivity contribution in [3.05, 3.63) is 50.9 Å². The molecule has 0 fully saturated rings. The third kappa shape index (κ3) is 8.85. The Morgan fingerprint density at radius 3 is 2.38 bits per heavy atom. The van der Waals surface area contributed by atoms with Gasteiger partial charge in [-0.2, -0.15) is 11.8 Å². The van der Waals surface area contributed by atoms with Crippen molar-refractivity contribution in [3.8, 4) is 11.5 Å². The number of carbonyl (C=O) groups is 2. The van der Waals surface area contributed by atoms with Crippen LogP contribution < -0.4 is 27.4 Å². The molecule has 2 aromatic heterocycles. The van der Waals surface area contributed by atoms with Crippen LogP contribution in [-0.4, -0.2) is 81.7 Å². The number of aliphatic hydroxyl groups is 1. The number of aromatic nitrogens is 4. The van der Waals surface area contributed by atoms with Crippen molar-refractivity contribution in [1.29, 1.82) is 0 Å². The van der Waals surface area contributed by atoms with Crippen molar-refractivity contribution < 1.29 is 40.4 Å². The molecule has 16 heteroatoms. The van der Waals surface area contributed by atoms with E-state index in [4.69, 9.17) is 10.8 Å². The van der Waals surface area contributed by atoms with Gasteiger partial charge >= 0.3 is 11.7 Å². The van der Waals surface area contributed by atoms with E-state index in [1.54, 1.807) is 17.9 Å². The smallest absolute Gasteiger partial charge is 0.332 e. The molecule has 3 aromatic rings. The van der Waals surface area contributed by atoms with E-state index in [-0.39, 0.29) is 28.6 Å². The van der Waals surface area contributed by atoms with Crippen LogP contribution >= 0.6 is 11.8 Å². The molecule has 8 N–H and O–H groups in total. The minimum atomic E-state index is -1.22. The largest absolute Gasteiger partial charge is 0.549 e. The van der Waals surface area contributed by atoms with Crippen LogP contribution in [0.25, 0.3) is 11.2 Å². The van der Waals surface area contributed by atoms with E-state index in [2.05, 4.69) is 4.98 Å². The molecule has 0 bridgehead atoms. The lowest BCUT2D eigenvalue weighted by Gasteiger charge is -2.11. The maximum Gasteiger partial charge on any atom is 0.332 e. The molecule has 2 unspecified atom stereocenters. The Labute approximate surface area is 226 Å². The van der Waals surface area contributed by atoms with Crippen LogP contribution in [-0.2, 0) is 30.2 Å². The zero-order chi connectivity index (χ0) is 29.3. The van der Waals surface area contributed by atoms with Gasteiger partial charge in [0.05, 0.1) is 18.8 Å². The fourth-order valence-corrected chi connectivity index (χ4v) is 4.22. The molecule has 15 nitrogen and oxygen atoms in total. The van der Waals surface area contributed by atoms with Crippen LogP contribution in [0.1, 0.15) is 18.1 Å². The number of aliphatic hydroxyl groups excluding tert-OH is 1. The quantitative estimate of drug-likeness (QED) is 0.116. The second kappa shape index (κ2) is 14.3. The van der Waals surface area contributed by atoms with E-state index in [0.717, 1.165) is 22.7 Å². The number of aryl methyl sites for hydroxylation is 2. The molecule has 39 heavy (non-hydrogen) atoms. The summed E-state index contributed by atoms with van der Waals surface area (Å²) in [5.74, 6) is -2.68. The molecule has 0 saturated carbocycles. The van der Waals surface area contributed by atoms with Crippen molar-refractivity contribution >= 4 is 34.9 Å². The molecule has 0 saturated heterocycles. The van der Waals surface area contributed by atoms with Gasteiger partial charge in [0.1, 0.15) is 30.2 Å². The average Bonchev–Trinajstić information content (AvgIpc) is 3.29. The first-order valence-electron chi connectivity index (χ1n) is 11.7. The van der Waals surface area contributed by atoms with E-state index in [1.807, 2.05) is 5.32 Å². The predicted molar refractivity (Wildman–Crippen MR) is 139 cm³/mol. The Morgan fingerprint density at radius 1 is 1.15 bits per heavy atom. The van der Waals surface area contributed by atoms with Gasteiger partial charge in [-0.25, -0.2) is 9.78 Å². The van der Waals surface area contributed by atoms with Crippen molar-refractivity contribution in [2.24, 2.45) is 19.8 Å². The summed E-state index contributed by atoms with van der Waals surface area (Å²) >= 11 is 0.930. The van der Waals surface area contributed by atoms with Crippen molar-refractivity contribution in [3.63, 3.8) is 0 Å². The summed E-state index contributed by atoms with van der Waals surface area (Å²) in [4.78, 5) is 48.4. The summed E-state index contributed by atoms with van der Waals surface area (Å²) in [5.41, 5.74) is 5.47. The van der Waals surface area contributed by atoms with E-state index in [9.17, 15) is 39.6 Å². The van der Waals surface area contributed by atoms with E-state index in [1.165, 1.54) is 29.8 Å². The second-order valence-corrected chi connectivity index (χ2v) is 9.64. The van der Waals surface area contributed by atoms with Crippen LogP contribution in [0.15, 0.2) is 34.1 Å². The molecule has 0 aliphatic carbocycles. The highest BCUT2D eigenvalue weighted by Gasteiger charge is 2.15. The average molecular weight is 569 g/mol. The summed E-state index contributed by atoms with van der Waals surface area (Å²) in [6.07, 6.45) is 1.44. The molecule has 3 rings (SSSR count). The molecule has 0 radical (unpaired) electrons. The van der Waals surface area contributed by atoms with Gasteiger partial charge in [-0.3, -0.25) is 18.7 Å². The molecule has 0 aliphatic heterocycles. The highest BCUT2D eigenvalue weighted by molar-refractivity contribution is 8.00. The SMILES string of the molecule is Cn1c(=O)c2c(ncn2CCC[NH2+]CC(O)c2cc(O)cc(O)c2)n(C)c1=O.NC(CSCC(=O)[O-])C(=O)O. The zero-order valence-electron chi connectivity index (χ0n) is 21.4. The number of aliphatic carboxylic acids is 2. The molecule has 2 heterocycles. The van der Waals surface area contributed by atoms with Crippen molar-refractivity contribution in [1.82, 2.24) is 18.7 Å². The number of carbonyl (C=O) groups excluding carboxylic acids is 1. The summed E-state index contributed by atoms with van der Waals surface area (Å²) in [6.45, 7) is 1.60. The molecule has 0 amide bonds. The number of nitrogens with two attached hydrogens (primary N) is 2. The Kier molecular flexibility index (Phi) is 11.5. The lowest BCUT2D eigenvalue weighted by atomic mass is 10.1. The number of carboxylic acids is 2. The molecular formula is C23H32N6O9S. The first-order chi connectivity index (χ1) is 18.3. The van der Waals surface area contributed by atoms with Crippen LogP contribution in [0.4, 0.5) is 0 Å². The number of phenolic OH excluding ortho intramolecular Hbond substituents is 2. The van der Waals surface area contributed by atoms with Crippen molar-refractivity contribution in [2.45, 2.75) is 25.1 Å². The predicted octanol–water partition coefficient (Wildman–Crippen LogP) is -3.59. The minimum Gasteiger partial charge on any atom is -0.549 e. The standard InChI is InChI=1S/C18H23N5O5.C5H9NO4S/c1-21-16-15(17(27)22(2)18(21)28)23(10-20-16)5-3-4-19-9-14(26)11-6-12(24)8-13(25)7-11;6-3(5(9)10)1-11-2-4(7)8/h6-8,10,14,19,24-26H,3-5,9H2,1-2H3;3H,1-2,6H2,(H,7,8)(H,9,10). The number of hydrogen-bond donors (Lipinski definition) is 6. The van der Waals surface area contributed by atoms with Gasteiger partial charge in [0.2, 0.25) is 0 Å². The number of rotatable bonds is 12. The number of phenols is 2. The highest BCUT2D eigenvalue weighted by Crippen LogP contribution is 2.24. The van der Waals surface area contributed by atoms with Gasteiger partial charge in [-0.1, -0.05) is 0 Å². The van der Waals surface area contributed by atoms with E-state index in [0.29, 0.717) is 36.4 Å². The normalized spacial score (nSPS) is 12.5. The van der Waals surface area contributed by atoms with Gasteiger partial charge in [0.15, 0.2) is 11.2 Å². The van der Waals surface area contributed by atoms with Gasteiger partial charge in [0.25, 0.3) is 5.56 Å². The highest BCUT2D eigenvalue weighted by atomic mass is 32.2. The fraction of sp³-hybridized carbons (Fsp3) is 0.435. The Morgan fingerprint density at radius 2 is 1.79 bits per heavy atom. The summed E-state index contributed by atoms with van der Waals surface area (Å²) < 4.78 is 4.14. The number of quaternary nitrogens is 1. The van der Waals surface area contributed by atoms with Gasteiger partial charge in [-0.15, -0.1) is 0 Å². The third-order valence-electron chi connectivity index (χ3n) is 5.56. The lowest BCUT2D eigenvalue weighted by molar-refractivity contribution is -0.662. The first kappa shape index (κ1) is 31.4. The number of hydrogen-bond acceptors (Lipinski definition) is 11. The van der Waals surface area contributed by atoms with Crippen LogP contribution in [0.3, 0.4) is 0 Å². The van der Waals surface area contributed by atoms with Crippen LogP contribution in [0.5, 0.6) is 11.5 Å². The number of aromatic hydroxyl groups is 2. The number of thioether (sulfide) groups is 1. The lowest BCUT2D eigenvalue weighted by Crippen LogP contribution is -2.85. The second-order valence-electron chi connectivity index (χ2n) is 8.61. The molecular weight excluding hydrogens is 536 g/mol. The molecule has 0 spiro atoms.